The Morgan fingerprint density at radius 2 is 1.72 bits per heavy atom. The summed E-state index contributed by atoms with van der Waals surface area (Å²) in [6.45, 7) is 2.01. The normalized spacial score (nSPS) is 9.39. The van der Waals surface area contributed by atoms with E-state index in [2.05, 4.69) is 5.43 Å². The molecule has 3 nitrogen and oxygen atoms in total. The number of hydrogen-bond donors (Lipinski definition) is 1. The van der Waals surface area contributed by atoms with Crippen LogP contribution in [0.5, 0.6) is 0 Å². The lowest BCUT2D eigenvalue weighted by Crippen LogP contribution is -3.00. The lowest BCUT2D eigenvalue weighted by Gasteiger charge is -2.00. The summed E-state index contributed by atoms with van der Waals surface area (Å²) in [6, 6.07) is 13.6. The third-order valence-electron chi connectivity index (χ3n) is 2.46. The summed E-state index contributed by atoms with van der Waals surface area (Å²) >= 11 is 0. The number of pyridine rings is 1. The Morgan fingerprint density at radius 1 is 1.11 bits per heavy atom. The van der Waals surface area contributed by atoms with Gasteiger partial charge in [0.25, 0.3) is 5.91 Å². The van der Waals surface area contributed by atoms with E-state index in [0.29, 0.717) is 6.42 Å². The first kappa shape index (κ1) is 14.2. The van der Waals surface area contributed by atoms with Crippen LogP contribution in [-0.2, 0) is 11.2 Å². The fraction of sp³-hybridized carbons (Fsp3) is 0.143. The predicted octanol–water partition coefficient (Wildman–Crippen LogP) is -1.40. The van der Waals surface area contributed by atoms with Crippen molar-refractivity contribution in [1.82, 2.24) is 0 Å². The highest BCUT2D eigenvalue weighted by Crippen LogP contribution is 1.99. The molecule has 0 spiro atoms. The quantitative estimate of drug-likeness (QED) is 0.678. The molecule has 2 aromatic rings. The van der Waals surface area contributed by atoms with Crippen LogP contribution in [0.25, 0.3) is 0 Å². The van der Waals surface area contributed by atoms with E-state index in [1.165, 1.54) is 5.56 Å². The van der Waals surface area contributed by atoms with Gasteiger partial charge in [-0.05, 0) is 18.1 Å². The molecular formula is C14H15ClN2O. The van der Waals surface area contributed by atoms with Gasteiger partial charge in [0.2, 0.25) is 0 Å². The van der Waals surface area contributed by atoms with Crippen molar-refractivity contribution in [2.24, 2.45) is 0 Å². The molecular weight excluding hydrogens is 248 g/mol. The van der Waals surface area contributed by atoms with Gasteiger partial charge in [0.1, 0.15) is 0 Å². The summed E-state index contributed by atoms with van der Waals surface area (Å²) in [5, 5.41) is 0. The van der Waals surface area contributed by atoms with E-state index < -0.39 is 0 Å². The van der Waals surface area contributed by atoms with Crippen LogP contribution >= 0.6 is 0 Å². The van der Waals surface area contributed by atoms with Crippen molar-refractivity contribution >= 4 is 5.91 Å². The number of aromatic nitrogens is 1. The van der Waals surface area contributed by atoms with Crippen molar-refractivity contribution in [3.8, 4) is 0 Å². The van der Waals surface area contributed by atoms with Crippen LogP contribution in [-0.4, -0.2) is 5.91 Å². The molecule has 1 heterocycles. The van der Waals surface area contributed by atoms with E-state index in [1.54, 1.807) is 4.68 Å². The minimum Gasteiger partial charge on any atom is -1.00 e. The number of aryl methyl sites for hydroxylation is 1. The van der Waals surface area contributed by atoms with E-state index in [1.807, 2.05) is 61.8 Å². The molecule has 0 saturated carbocycles. The fourth-order valence-corrected chi connectivity index (χ4v) is 1.54. The Labute approximate surface area is 113 Å². The molecule has 1 aromatic carbocycles. The second kappa shape index (κ2) is 6.77. The van der Waals surface area contributed by atoms with Gasteiger partial charge in [-0.25, -0.2) is 0 Å². The highest BCUT2D eigenvalue weighted by Gasteiger charge is 2.07. The van der Waals surface area contributed by atoms with Gasteiger partial charge >= 0.3 is 0 Å². The summed E-state index contributed by atoms with van der Waals surface area (Å²) in [4.78, 5) is 11.7. The van der Waals surface area contributed by atoms with Crippen LogP contribution in [0.2, 0.25) is 0 Å². The molecule has 0 aliphatic rings. The number of halogens is 1. The van der Waals surface area contributed by atoms with E-state index in [4.69, 9.17) is 0 Å². The van der Waals surface area contributed by atoms with Crippen LogP contribution in [0.3, 0.4) is 0 Å². The van der Waals surface area contributed by atoms with Crippen molar-refractivity contribution in [2.75, 3.05) is 5.43 Å². The van der Waals surface area contributed by atoms with Gasteiger partial charge in [0, 0.05) is 12.1 Å². The first-order valence-electron chi connectivity index (χ1n) is 5.56. The minimum absolute atomic E-state index is 0. The second-order valence-electron chi connectivity index (χ2n) is 3.98. The maximum atomic E-state index is 11.7. The minimum atomic E-state index is -0.0231. The van der Waals surface area contributed by atoms with Gasteiger partial charge in [-0.3, -0.25) is 4.79 Å². The number of benzene rings is 1. The molecule has 1 amide bonds. The van der Waals surface area contributed by atoms with Gasteiger partial charge in [0.15, 0.2) is 12.4 Å². The molecule has 0 aliphatic heterocycles. The van der Waals surface area contributed by atoms with Crippen molar-refractivity contribution < 1.29 is 21.9 Å². The van der Waals surface area contributed by atoms with Crippen LogP contribution in [0.4, 0.5) is 0 Å². The van der Waals surface area contributed by atoms with Gasteiger partial charge < -0.3 is 12.4 Å². The number of carbonyl (C=O) groups excluding carboxylic acids is 1. The van der Waals surface area contributed by atoms with Crippen molar-refractivity contribution in [1.29, 1.82) is 0 Å². The molecule has 2 rings (SSSR count). The molecule has 18 heavy (non-hydrogen) atoms. The number of rotatable bonds is 3. The molecule has 94 valence electrons. The zero-order chi connectivity index (χ0) is 12.1. The molecule has 4 heteroatoms. The number of amides is 1. The average molecular weight is 263 g/mol. The smallest absolute Gasteiger partial charge is 0.279 e. The summed E-state index contributed by atoms with van der Waals surface area (Å²) in [5.41, 5.74) is 4.97. The second-order valence-corrected chi connectivity index (χ2v) is 3.98. The Kier molecular flexibility index (Phi) is 5.33. The fourth-order valence-electron chi connectivity index (χ4n) is 1.54. The summed E-state index contributed by atoms with van der Waals surface area (Å²) < 4.78 is 1.66. The van der Waals surface area contributed by atoms with E-state index >= 15 is 0 Å². The lowest BCUT2D eigenvalue weighted by molar-refractivity contribution is -0.642. The maximum absolute atomic E-state index is 11.7. The Hall–Kier alpha value is -1.87. The Bertz CT molecular complexity index is 497. The Balaban J connectivity index is 0.00000162. The molecule has 1 aromatic heterocycles. The highest BCUT2D eigenvalue weighted by molar-refractivity contribution is 5.84. The van der Waals surface area contributed by atoms with Gasteiger partial charge in [-0.1, -0.05) is 35.0 Å². The van der Waals surface area contributed by atoms with Gasteiger partial charge in [-0.2, -0.15) is 0 Å². The van der Waals surface area contributed by atoms with Crippen molar-refractivity contribution in [2.45, 2.75) is 13.3 Å². The molecule has 0 aliphatic carbocycles. The number of carbonyl (C=O) groups is 1. The lowest BCUT2D eigenvalue weighted by atomic mass is 10.1. The number of hydrogen-bond acceptors (Lipinski definition) is 1. The number of nitrogens with one attached hydrogen (secondary N) is 1. The molecule has 1 N–H and O–H groups in total. The standard InChI is InChI=1S/C14H14N2O.ClH/c1-12-7-9-16(10-8-12)15-14(17)11-13-5-3-2-4-6-13;/h2-10H,11H2,1H3;1H. The monoisotopic (exact) mass is 262 g/mol. The van der Waals surface area contributed by atoms with Crippen LogP contribution < -0.4 is 22.5 Å². The summed E-state index contributed by atoms with van der Waals surface area (Å²) in [7, 11) is 0. The van der Waals surface area contributed by atoms with Gasteiger partial charge in [-0.15, -0.1) is 5.43 Å². The zero-order valence-electron chi connectivity index (χ0n) is 10.1. The van der Waals surface area contributed by atoms with Crippen LogP contribution in [0, 0.1) is 6.92 Å². The molecule has 0 bridgehead atoms. The molecule has 0 radical (unpaired) electrons. The largest absolute Gasteiger partial charge is 1.00 e. The van der Waals surface area contributed by atoms with Crippen molar-refractivity contribution in [3.63, 3.8) is 0 Å². The van der Waals surface area contributed by atoms with Crippen LogP contribution in [0.1, 0.15) is 11.1 Å². The number of nitrogens with zero attached hydrogens (tertiary/aromatic N) is 1. The van der Waals surface area contributed by atoms with Crippen molar-refractivity contribution in [3.05, 3.63) is 66.0 Å². The maximum Gasteiger partial charge on any atom is 0.279 e. The SMILES string of the molecule is Cc1cc[n+](NC(=O)Cc2ccccc2)cc1.[Cl-]. The first-order valence-corrected chi connectivity index (χ1v) is 5.56. The molecule has 0 saturated heterocycles. The third-order valence-corrected chi connectivity index (χ3v) is 2.46. The topological polar surface area (TPSA) is 33.0 Å². The zero-order valence-corrected chi connectivity index (χ0v) is 10.9. The molecule has 0 atom stereocenters. The summed E-state index contributed by atoms with van der Waals surface area (Å²) in [5.74, 6) is -0.0231. The highest BCUT2D eigenvalue weighted by atomic mass is 35.5. The third kappa shape index (κ3) is 4.18. The van der Waals surface area contributed by atoms with Crippen LogP contribution in [0.15, 0.2) is 54.9 Å². The molecule has 0 unspecified atom stereocenters. The average Bonchev–Trinajstić information content (AvgIpc) is 2.33. The van der Waals surface area contributed by atoms with E-state index in [0.717, 1.165) is 5.56 Å². The van der Waals surface area contributed by atoms with Gasteiger partial charge in [0.05, 0.1) is 6.42 Å². The molecule has 0 fully saturated rings. The van der Waals surface area contributed by atoms with E-state index in [9.17, 15) is 4.79 Å². The Morgan fingerprint density at radius 3 is 2.33 bits per heavy atom. The predicted molar refractivity (Wildman–Crippen MR) is 65.9 cm³/mol. The summed E-state index contributed by atoms with van der Waals surface area (Å²) in [6.07, 6.45) is 4.05. The van der Waals surface area contributed by atoms with E-state index in [-0.39, 0.29) is 18.3 Å². The first-order chi connectivity index (χ1) is 8.24.